The number of carbonyl (C=O) groups excluding carboxylic acids is 1. The Morgan fingerprint density at radius 2 is 2.31 bits per heavy atom. The largest absolute Gasteiger partial charge is 0.508 e. The van der Waals surface area contributed by atoms with E-state index in [0.29, 0.717) is 6.54 Å². The zero-order valence-electron chi connectivity index (χ0n) is 9.00. The minimum Gasteiger partial charge on any atom is -0.508 e. The Morgan fingerprint density at radius 3 is 2.94 bits per heavy atom. The van der Waals surface area contributed by atoms with E-state index in [-0.39, 0.29) is 11.3 Å². The van der Waals surface area contributed by atoms with E-state index in [1.54, 1.807) is 11.8 Å². The van der Waals surface area contributed by atoms with Gasteiger partial charge in [-0.3, -0.25) is 4.79 Å². The SMILES string of the molecule is CSCCCNC(=O)c1ccc(O)cc1F. The predicted octanol–water partition coefficient (Wildman–Crippen LogP) is 2.01. The van der Waals surface area contributed by atoms with Gasteiger partial charge in [-0.05, 0) is 30.6 Å². The predicted molar refractivity (Wildman–Crippen MR) is 63.4 cm³/mol. The minimum atomic E-state index is -0.706. The van der Waals surface area contributed by atoms with Crippen molar-refractivity contribution >= 4 is 17.7 Å². The molecule has 1 rings (SSSR count). The van der Waals surface area contributed by atoms with Gasteiger partial charge in [0.05, 0.1) is 5.56 Å². The van der Waals surface area contributed by atoms with E-state index < -0.39 is 11.7 Å². The number of aromatic hydroxyl groups is 1. The number of hydrogen-bond donors (Lipinski definition) is 2. The summed E-state index contributed by atoms with van der Waals surface area (Å²) in [6, 6.07) is 3.49. The monoisotopic (exact) mass is 243 g/mol. The lowest BCUT2D eigenvalue weighted by Gasteiger charge is -2.05. The van der Waals surface area contributed by atoms with Crippen molar-refractivity contribution in [3.8, 4) is 5.75 Å². The molecule has 0 aliphatic carbocycles. The molecule has 0 unspecified atom stereocenters. The van der Waals surface area contributed by atoms with E-state index in [1.165, 1.54) is 12.1 Å². The summed E-state index contributed by atoms with van der Waals surface area (Å²) in [6.07, 6.45) is 2.84. The maximum absolute atomic E-state index is 13.3. The highest BCUT2D eigenvalue weighted by Gasteiger charge is 2.11. The molecule has 0 heterocycles. The fraction of sp³-hybridized carbons (Fsp3) is 0.364. The third-order valence-electron chi connectivity index (χ3n) is 2.01. The van der Waals surface area contributed by atoms with E-state index in [0.717, 1.165) is 18.2 Å². The first-order valence-electron chi connectivity index (χ1n) is 4.91. The summed E-state index contributed by atoms with van der Waals surface area (Å²) in [6.45, 7) is 0.528. The lowest BCUT2D eigenvalue weighted by molar-refractivity contribution is 0.0950. The minimum absolute atomic E-state index is 0.0399. The molecule has 0 aliphatic heterocycles. The number of rotatable bonds is 5. The van der Waals surface area contributed by atoms with Gasteiger partial charge < -0.3 is 10.4 Å². The van der Waals surface area contributed by atoms with Gasteiger partial charge in [-0.1, -0.05) is 0 Å². The van der Waals surface area contributed by atoms with Crippen molar-refractivity contribution in [2.75, 3.05) is 18.6 Å². The Balaban J connectivity index is 2.53. The molecule has 0 fully saturated rings. The molecule has 0 bridgehead atoms. The molecule has 1 aromatic carbocycles. The van der Waals surface area contributed by atoms with Gasteiger partial charge >= 0.3 is 0 Å². The van der Waals surface area contributed by atoms with Crippen LogP contribution in [-0.2, 0) is 0 Å². The Labute approximate surface area is 98.1 Å². The number of hydrogen-bond acceptors (Lipinski definition) is 3. The first kappa shape index (κ1) is 12.8. The molecule has 88 valence electrons. The van der Waals surface area contributed by atoms with Crippen LogP contribution in [0.2, 0.25) is 0 Å². The summed E-state index contributed by atoms with van der Waals surface area (Å²) >= 11 is 1.70. The van der Waals surface area contributed by atoms with Crippen molar-refractivity contribution in [2.24, 2.45) is 0 Å². The molecular formula is C11H14FNO2S. The van der Waals surface area contributed by atoms with Gasteiger partial charge in [-0.15, -0.1) is 0 Å². The highest BCUT2D eigenvalue weighted by Crippen LogP contribution is 2.14. The van der Waals surface area contributed by atoms with Crippen LogP contribution in [0.3, 0.4) is 0 Å². The number of amides is 1. The van der Waals surface area contributed by atoms with E-state index in [2.05, 4.69) is 5.32 Å². The third-order valence-corrected chi connectivity index (χ3v) is 2.71. The molecule has 0 saturated heterocycles. The maximum Gasteiger partial charge on any atom is 0.254 e. The topological polar surface area (TPSA) is 49.3 Å². The van der Waals surface area contributed by atoms with Crippen LogP contribution in [0.1, 0.15) is 16.8 Å². The molecule has 0 radical (unpaired) electrons. The van der Waals surface area contributed by atoms with Crippen molar-refractivity contribution in [3.63, 3.8) is 0 Å². The van der Waals surface area contributed by atoms with Gasteiger partial charge in [0.25, 0.3) is 5.91 Å². The maximum atomic E-state index is 13.3. The number of phenols is 1. The molecule has 0 atom stereocenters. The van der Waals surface area contributed by atoms with Gasteiger partial charge in [-0.25, -0.2) is 4.39 Å². The number of phenolic OH excluding ortho intramolecular Hbond substituents is 1. The first-order valence-corrected chi connectivity index (χ1v) is 6.30. The Bertz CT molecular complexity index is 371. The van der Waals surface area contributed by atoms with Crippen molar-refractivity contribution in [1.82, 2.24) is 5.32 Å². The van der Waals surface area contributed by atoms with Crippen molar-refractivity contribution in [3.05, 3.63) is 29.6 Å². The van der Waals surface area contributed by atoms with Crippen LogP contribution in [0.4, 0.5) is 4.39 Å². The van der Waals surface area contributed by atoms with Gasteiger partial charge in [-0.2, -0.15) is 11.8 Å². The van der Waals surface area contributed by atoms with E-state index in [4.69, 9.17) is 5.11 Å². The molecule has 0 spiro atoms. The van der Waals surface area contributed by atoms with Gasteiger partial charge in [0.1, 0.15) is 11.6 Å². The van der Waals surface area contributed by atoms with Crippen LogP contribution in [0.5, 0.6) is 5.75 Å². The quantitative estimate of drug-likeness (QED) is 0.778. The van der Waals surface area contributed by atoms with Crippen molar-refractivity contribution in [2.45, 2.75) is 6.42 Å². The van der Waals surface area contributed by atoms with Crippen LogP contribution in [0.15, 0.2) is 18.2 Å². The third kappa shape index (κ3) is 3.73. The van der Waals surface area contributed by atoms with E-state index >= 15 is 0 Å². The summed E-state index contributed by atoms with van der Waals surface area (Å²) in [4.78, 5) is 11.5. The second-order valence-corrected chi connectivity index (χ2v) is 4.25. The van der Waals surface area contributed by atoms with Gasteiger partial charge in [0, 0.05) is 12.6 Å². The van der Waals surface area contributed by atoms with Crippen molar-refractivity contribution < 1.29 is 14.3 Å². The molecule has 5 heteroatoms. The average molecular weight is 243 g/mol. The summed E-state index contributed by atoms with van der Waals surface area (Å²) in [5.74, 6) is -0.379. The summed E-state index contributed by atoms with van der Waals surface area (Å²) in [5.41, 5.74) is -0.0399. The summed E-state index contributed by atoms with van der Waals surface area (Å²) < 4.78 is 13.3. The zero-order valence-corrected chi connectivity index (χ0v) is 9.81. The molecule has 0 saturated carbocycles. The summed E-state index contributed by atoms with van der Waals surface area (Å²) in [5, 5.41) is 11.6. The molecule has 0 aromatic heterocycles. The second kappa shape index (κ2) is 6.37. The molecule has 3 nitrogen and oxygen atoms in total. The number of carbonyl (C=O) groups is 1. The number of halogens is 1. The highest BCUT2D eigenvalue weighted by molar-refractivity contribution is 7.98. The van der Waals surface area contributed by atoms with Crippen LogP contribution in [0, 0.1) is 5.82 Å². The molecular weight excluding hydrogens is 229 g/mol. The Hall–Kier alpha value is -1.23. The summed E-state index contributed by atoms with van der Waals surface area (Å²) in [7, 11) is 0. The lowest BCUT2D eigenvalue weighted by Crippen LogP contribution is -2.25. The van der Waals surface area contributed by atoms with Crippen LogP contribution in [-0.4, -0.2) is 29.6 Å². The van der Waals surface area contributed by atoms with E-state index in [9.17, 15) is 9.18 Å². The molecule has 1 amide bonds. The fourth-order valence-corrected chi connectivity index (χ4v) is 1.63. The number of benzene rings is 1. The first-order chi connectivity index (χ1) is 7.65. The van der Waals surface area contributed by atoms with Gasteiger partial charge in [0.2, 0.25) is 0 Å². The van der Waals surface area contributed by atoms with Crippen LogP contribution < -0.4 is 5.32 Å². The number of thioether (sulfide) groups is 1. The number of nitrogens with one attached hydrogen (secondary N) is 1. The fourth-order valence-electron chi connectivity index (χ4n) is 1.20. The lowest BCUT2D eigenvalue weighted by atomic mass is 10.2. The normalized spacial score (nSPS) is 10.1. The van der Waals surface area contributed by atoms with Gasteiger partial charge in [0.15, 0.2) is 0 Å². The molecule has 2 N–H and O–H groups in total. The standard InChI is InChI=1S/C11H14FNO2S/c1-16-6-2-5-13-11(15)9-4-3-8(14)7-10(9)12/h3-4,7,14H,2,5-6H2,1H3,(H,13,15). The molecule has 1 aromatic rings. The zero-order chi connectivity index (χ0) is 12.0. The molecule has 0 aliphatic rings. The Kier molecular flexibility index (Phi) is 5.11. The smallest absolute Gasteiger partial charge is 0.254 e. The van der Waals surface area contributed by atoms with Crippen molar-refractivity contribution in [1.29, 1.82) is 0 Å². The Morgan fingerprint density at radius 1 is 1.56 bits per heavy atom. The second-order valence-electron chi connectivity index (χ2n) is 3.27. The average Bonchev–Trinajstić information content (AvgIpc) is 2.24. The van der Waals surface area contributed by atoms with Crippen LogP contribution >= 0.6 is 11.8 Å². The van der Waals surface area contributed by atoms with E-state index in [1.807, 2.05) is 6.26 Å². The van der Waals surface area contributed by atoms with Crippen LogP contribution in [0.25, 0.3) is 0 Å². The molecule has 16 heavy (non-hydrogen) atoms. The highest BCUT2D eigenvalue weighted by atomic mass is 32.2.